The van der Waals surface area contributed by atoms with Gasteiger partial charge in [-0.25, -0.2) is 0 Å². The molecule has 0 N–H and O–H groups in total. The van der Waals surface area contributed by atoms with Crippen LogP contribution in [0.2, 0.25) is 0 Å². The number of likely N-dealkylation sites (tertiary alicyclic amines) is 1. The summed E-state index contributed by atoms with van der Waals surface area (Å²) in [5.74, 6) is 0.968. The first-order chi connectivity index (χ1) is 9.40. The lowest BCUT2D eigenvalue weighted by Gasteiger charge is -2.34. The van der Waals surface area contributed by atoms with Crippen molar-refractivity contribution in [3.8, 4) is 0 Å². The quantitative estimate of drug-likeness (QED) is 0.771. The minimum absolute atomic E-state index is 0.730. The highest BCUT2D eigenvalue weighted by Crippen LogP contribution is 2.17. The zero-order chi connectivity index (χ0) is 15.1. The molecule has 0 spiro atoms. The summed E-state index contributed by atoms with van der Waals surface area (Å²) in [6.45, 7) is 19.1. The molecule has 2 heterocycles. The fourth-order valence-electron chi connectivity index (χ4n) is 2.88. The smallest absolute Gasteiger partial charge is 0.0112 e. The van der Waals surface area contributed by atoms with E-state index in [1.54, 1.807) is 0 Å². The molecule has 2 rings (SSSR count). The maximum absolute atomic E-state index is 2.57. The molecule has 0 bridgehead atoms. The number of hydrogen-bond acceptors (Lipinski definition) is 3. The van der Waals surface area contributed by atoms with Crippen molar-refractivity contribution in [1.82, 2.24) is 14.7 Å². The van der Waals surface area contributed by atoms with Crippen LogP contribution in [0.3, 0.4) is 0 Å². The van der Waals surface area contributed by atoms with Crippen LogP contribution in [0.5, 0.6) is 0 Å². The monoisotopic (exact) mass is 283 g/mol. The molecule has 0 radical (unpaired) electrons. The van der Waals surface area contributed by atoms with Crippen molar-refractivity contribution in [3.05, 3.63) is 0 Å². The number of rotatable bonds is 2. The first-order valence-corrected chi connectivity index (χ1v) is 8.56. The summed E-state index contributed by atoms with van der Waals surface area (Å²) >= 11 is 0. The molecule has 0 aromatic heterocycles. The van der Waals surface area contributed by atoms with E-state index in [1.807, 2.05) is 0 Å². The van der Waals surface area contributed by atoms with Crippen LogP contribution in [0.4, 0.5) is 0 Å². The van der Waals surface area contributed by atoms with E-state index in [-0.39, 0.29) is 0 Å². The molecule has 0 saturated carbocycles. The summed E-state index contributed by atoms with van der Waals surface area (Å²) in [6.07, 6.45) is 2.80. The molecule has 0 amide bonds. The van der Waals surface area contributed by atoms with E-state index in [0.29, 0.717) is 0 Å². The van der Waals surface area contributed by atoms with Crippen LogP contribution in [-0.4, -0.2) is 73.1 Å². The Morgan fingerprint density at radius 2 is 1.10 bits per heavy atom. The maximum atomic E-state index is 2.57. The predicted molar refractivity (Wildman–Crippen MR) is 89.3 cm³/mol. The van der Waals surface area contributed by atoms with Crippen molar-refractivity contribution in [1.29, 1.82) is 0 Å². The molecular weight excluding hydrogens is 246 g/mol. The zero-order valence-corrected chi connectivity index (χ0v) is 14.7. The molecule has 2 aliphatic heterocycles. The average molecular weight is 284 g/mol. The van der Waals surface area contributed by atoms with Gasteiger partial charge in [0.15, 0.2) is 0 Å². The largest absolute Gasteiger partial charge is 0.304 e. The van der Waals surface area contributed by atoms with Gasteiger partial charge in [-0.2, -0.15) is 0 Å². The Hall–Kier alpha value is -0.120. The van der Waals surface area contributed by atoms with Crippen LogP contribution in [0.1, 0.15) is 47.5 Å². The van der Waals surface area contributed by atoms with Crippen LogP contribution >= 0.6 is 0 Å². The minimum Gasteiger partial charge on any atom is -0.304 e. The molecule has 0 atom stereocenters. The Bertz CT molecular complexity index is 211. The van der Waals surface area contributed by atoms with Crippen LogP contribution < -0.4 is 0 Å². The van der Waals surface area contributed by atoms with E-state index in [1.165, 1.54) is 52.1 Å². The van der Waals surface area contributed by atoms with Crippen molar-refractivity contribution in [2.24, 2.45) is 5.92 Å². The molecule has 0 aromatic carbocycles. The summed E-state index contributed by atoms with van der Waals surface area (Å²) in [5, 5.41) is 0. The third-order valence-corrected chi connectivity index (χ3v) is 4.82. The highest BCUT2D eigenvalue weighted by Gasteiger charge is 2.17. The topological polar surface area (TPSA) is 9.72 Å². The van der Waals surface area contributed by atoms with E-state index >= 15 is 0 Å². The van der Waals surface area contributed by atoms with Gasteiger partial charge in [0, 0.05) is 38.3 Å². The number of likely N-dealkylation sites (N-methyl/N-ethyl adjacent to an activating group) is 1. The molecule has 120 valence electrons. The fourth-order valence-corrected chi connectivity index (χ4v) is 2.88. The van der Waals surface area contributed by atoms with Gasteiger partial charge in [-0.15, -0.1) is 0 Å². The van der Waals surface area contributed by atoms with E-state index < -0.39 is 0 Å². The normalized spacial score (nSPS) is 24.0. The highest BCUT2D eigenvalue weighted by atomic mass is 15.3. The fraction of sp³-hybridized carbons (Fsp3) is 1.00. The Morgan fingerprint density at radius 1 is 0.700 bits per heavy atom. The van der Waals surface area contributed by atoms with Crippen molar-refractivity contribution in [3.63, 3.8) is 0 Å². The summed E-state index contributed by atoms with van der Waals surface area (Å²) in [7, 11) is 2.19. The molecule has 0 aromatic rings. The lowest BCUT2D eigenvalue weighted by atomic mass is 9.98. The van der Waals surface area contributed by atoms with Gasteiger partial charge in [-0.1, -0.05) is 6.92 Å². The molecule has 0 aliphatic carbocycles. The second-order valence-corrected chi connectivity index (χ2v) is 7.25. The molecular formula is C17H37N3. The van der Waals surface area contributed by atoms with E-state index in [9.17, 15) is 0 Å². The molecule has 0 unspecified atom stereocenters. The number of nitrogens with zero attached hydrogens (tertiary/aromatic N) is 3. The standard InChI is InChI=1S/C9H19N.C8H18N2/c2*1-8(2)10-6-4-9(3)5-7-10/h8-9H,4-7H2,1-3H3;8H,4-7H2,1-3H3. The first kappa shape index (κ1) is 17.9. The van der Waals surface area contributed by atoms with E-state index in [2.05, 4.69) is 56.4 Å². The maximum Gasteiger partial charge on any atom is 0.0112 e. The van der Waals surface area contributed by atoms with Crippen LogP contribution in [0.15, 0.2) is 0 Å². The minimum atomic E-state index is 0.730. The molecule has 2 saturated heterocycles. The zero-order valence-electron chi connectivity index (χ0n) is 14.7. The van der Waals surface area contributed by atoms with Gasteiger partial charge < -0.3 is 9.80 Å². The summed E-state index contributed by atoms with van der Waals surface area (Å²) in [6, 6.07) is 1.49. The van der Waals surface area contributed by atoms with Crippen molar-refractivity contribution < 1.29 is 0 Å². The molecule has 2 fully saturated rings. The Labute approximate surface area is 127 Å². The average Bonchev–Trinajstić information content (AvgIpc) is 2.40. The van der Waals surface area contributed by atoms with Crippen molar-refractivity contribution >= 4 is 0 Å². The molecule has 3 heteroatoms. The Morgan fingerprint density at radius 3 is 1.50 bits per heavy atom. The van der Waals surface area contributed by atoms with Crippen LogP contribution in [0.25, 0.3) is 0 Å². The summed E-state index contributed by atoms with van der Waals surface area (Å²) in [4.78, 5) is 7.48. The summed E-state index contributed by atoms with van der Waals surface area (Å²) < 4.78 is 0. The first-order valence-electron chi connectivity index (χ1n) is 8.56. The summed E-state index contributed by atoms with van der Waals surface area (Å²) in [5.41, 5.74) is 0. The number of piperidine rings is 1. The Balaban J connectivity index is 0.000000200. The third kappa shape index (κ3) is 6.55. The molecule has 20 heavy (non-hydrogen) atoms. The van der Waals surface area contributed by atoms with Gasteiger partial charge in [-0.05, 0) is 66.6 Å². The van der Waals surface area contributed by atoms with Crippen molar-refractivity contribution in [2.75, 3.05) is 46.3 Å². The molecule has 2 aliphatic rings. The number of hydrogen-bond donors (Lipinski definition) is 0. The highest BCUT2D eigenvalue weighted by molar-refractivity contribution is 4.72. The predicted octanol–water partition coefficient (Wildman–Crippen LogP) is 2.77. The van der Waals surface area contributed by atoms with Crippen LogP contribution in [0, 0.1) is 5.92 Å². The lowest BCUT2D eigenvalue weighted by molar-refractivity contribution is 0.126. The third-order valence-electron chi connectivity index (χ3n) is 4.82. The van der Waals surface area contributed by atoms with E-state index in [0.717, 1.165) is 18.0 Å². The van der Waals surface area contributed by atoms with Gasteiger partial charge >= 0.3 is 0 Å². The van der Waals surface area contributed by atoms with Gasteiger partial charge in [0.2, 0.25) is 0 Å². The second kappa shape index (κ2) is 9.01. The lowest BCUT2D eigenvalue weighted by Crippen LogP contribution is -2.47. The second-order valence-electron chi connectivity index (χ2n) is 7.25. The van der Waals surface area contributed by atoms with Gasteiger partial charge in [0.25, 0.3) is 0 Å². The van der Waals surface area contributed by atoms with Gasteiger partial charge in [-0.3, -0.25) is 4.90 Å². The Kier molecular flexibility index (Phi) is 8.08. The van der Waals surface area contributed by atoms with Crippen LogP contribution in [-0.2, 0) is 0 Å². The van der Waals surface area contributed by atoms with E-state index in [4.69, 9.17) is 0 Å². The molecule has 3 nitrogen and oxygen atoms in total. The van der Waals surface area contributed by atoms with Crippen molar-refractivity contribution in [2.45, 2.75) is 59.5 Å². The van der Waals surface area contributed by atoms with Gasteiger partial charge in [0.1, 0.15) is 0 Å². The van der Waals surface area contributed by atoms with Gasteiger partial charge in [0.05, 0.1) is 0 Å². The number of piperazine rings is 1. The SMILES string of the molecule is CC(C)N1CCN(C)CC1.CC1CCN(C(C)C)CC1.